The Morgan fingerprint density at radius 3 is 2.65 bits per heavy atom. The summed E-state index contributed by atoms with van der Waals surface area (Å²) < 4.78 is 47.7. The Labute approximate surface area is 185 Å². The van der Waals surface area contributed by atoms with Gasteiger partial charge in [0.05, 0.1) is 16.5 Å². The minimum Gasteiger partial charge on any atom is -0.481 e. The number of nitrogens with zero attached hydrogens (tertiary/aromatic N) is 3. The molecule has 0 saturated carbocycles. The van der Waals surface area contributed by atoms with Crippen LogP contribution < -0.4 is 10.1 Å². The van der Waals surface area contributed by atoms with Crippen molar-refractivity contribution in [2.75, 3.05) is 11.1 Å². The molecule has 0 radical (unpaired) electrons. The summed E-state index contributed by atoms with van der Waals surface area (Å²) in [5.41, 5.74) is -0.441. The van der Waals surface area contributed by atoms with Crippen molar-refractivity contribution < 1.29 is 22.7 Å². The molecule has 1 N–H and O–H groups in total. The molecule has 0 fully saturated rings. The van der Waals surface area contributed by atoms with Crippen LogP contribution in [0.1, 0.15) is 25.8 Å². The molecule has 0 spiro atoms. The Morgan fingerprint density at radius 2 is 1.94 bits per heavy atom. The third-order valence-electron chi connectivity index (χ3n) is 4.21. The summed E-state index contributed by atoms with van der Waals surface area (Å²) in [7, 11) is 0. The highest BCUT2D eigenvalue weighted by molar-refractivity contribution is 7.99. The van der Waals surface area contributed by atoms with Crippen LogP contribution >= 0.6 is 23.4 Å². The van der Waals surface area contributed by atoms with E-state index >= 15 is 0 Å². The Morgan fingerprint density at radius 1 is 1.19 bits per heavy atom. The number of aromatic nitrogens is 3. The summed E-state index contributed by atoms with van der Waals surface area (Å²) in [5.74, 6) is -4.14. The first-order valence-electron chi connectivity index (χ1n) is 9.22. The maximum absolute atomic E-state index is 13.7. The fourth-order valence-corrected chi connectivity index (χ4v) is 3.72. The number of thioether (sulfide) groups is 1. The van der Waals surface area contributed by atoms with Gasteiger partial charge in [-0.1, -0.05) is 35.5 Å². The molecule has 1 amide bonds. The minimum absolute atomic E-state index is 0.143. The Hall–Kier alpha value is -2.72. The van der Waals surface area contributed by atoms with Gasteiger partial charge in [-0.25, -0.2) is 13.2 Å². The van der Waals surface area contributed by atoms with Crippen molar-refractivity contribution in [3.63, 3.8) is 0 Å². The lowest BCUT2D eigenvalue weighted by atomic mass is 10.3. The van der Waals surface area contributed by atoms with E-state index in [0.717, 1.165) is 23.9 Å². The molecule has 1 heterocycles. The van der Waals surface area contributed by atoms with Crippen LogP contribution in [-0.2, 0) is 11.3 Å². The number of amides is 1. The first-order valence-corrected chi connectivity index (χ1v) is 10.6. The smallest absolute Gasteiger partial charge is 0.234 e. The second kappa shape index (κ2) is 10.1. The molecule has 1 atom stereocenters. The average molecular weight is 471 g/mol. The second-order valence-corrected chi connectivity index (χ2v) is 7.68. The topological polar surface area (TPSA) is 69.0 Å². The second-order valence-electron chi connectivity index (χ2n) is 6.34. The predicted octanol–water partition coefficient (Wildman–Crippen LogP) is 5.24. The van der Waals surface area contributed by atoms with E-state index in [-0.39, 0.29) is 5.75 Å². The number of carbonyl (C=O) groups is 1. The van der Waals surface area contributed by atoms with Crippen LogP contribution in [0.4, 0.5) is 18.9 Å². The van der Waals surface area contributed by atoms with Gasteiger partial charge in [-0.2, -0.15) is 0 Å². The number of anilines is 1. The minimum atomic E-state index is -1.65. The molecule has 2 aromatic carbocycles. The van der Waals surface area contributed by atoms with Crippen molar-refractivity contribution in [1.82, 2.24) is 14.8 Å². The molecule has 0 aliphatic heterocycles. The van der Waals surface area contributed by atoms with Gasteiger partial charge in [0.1, 0.15) is 5.75 Å². The number of benzene rings is 2. The van der Waals surface area contributed by atoms with Crippen molar-refractivity contribution in [3.05, 3.63) is 64.7 Å². The van der Waals surface area contributed by atoms with Gasteiger partial charge >= 0.3 is 0 Å². The van der Waals surface area contributed by atoms with Crippen LogP contribution in [-0.4, -0.2) is 26.4 Å². The maximum atomic E-state index is 13.7. The number of para-hydroxylation sites is 1. The summed E-state index contributed by atoms with van der Waals surface area (Å²) >= 11 is 7.19. The molecule has 0 bridgehead atoms. The van der Waals surface area contributed by atoms with Crippen LogP contribution in [0.15, 0.2) is 41.6 Å². The highest BCUT2D eigenvalue weighted by Gasteiger charge is 2.21. The average Bonchev–Trinajstić information content (AvgIpc) is 3.17. The van der Waals surface area contributed by atoms with Crippen molar-refractivity contribution in [3.8, 4) is 5.75 Å². The van der Waals surface area contributed by atoms with Crippen molar-refractivity contribution >= 4 is 35.0 Å². The number of ether oxygens (including phenoxy) is 1. The Bertz CT molecular complexity index is 1100. The molecule has 6 nitrogen and oxygen atoms in total. The van der Waals surface area contributed by atoms with Crippen molar-refractivity contribution in [2.24, 2.45) is 0 Å². The number of hydrogen-bond donors (Lipinski definition) is 1. The first-order chi connectivity index (χ1) is 14.8. The molecule has 11 heteroatoms. The van der Waals surface area contributed by atoms with Crippen LogP contribution in [0.2, 0.25) is 5.02 Å². The molecule has 0 aliphatic carbocycles. The third kappa shape index (κ3) is 5.31. The zero-order valence-electron chi connectivity index (χ0n) is 16.5. The van der Waals surface area contributed by atoms with Crippen molar-refractivity contribution in [1.29, 1.82) is 0 Å². The third-order valence-corrected chi connectivity index (χ3v) is 5.49. The van der Waals surface area contributed by atoms with E-state index in [2.05, 4.69) is 15.5 Å². The molecule has 1 unspecified atom stereocenters. The van der Waals surface area contributed by atoms with Crippen LogP contribution in [0.3, 0.4) is 0 Å². The number of carbonyl (C=O) groups excluding carboxylic acids is 1. The fourth-order valence-electron chi connectivity index (χ4n) is 2.73. The molecular weight excluding hydrogens is 453 g/mol. The van der Waals surface area contributed by atoms with Gasteiger partial charge in [-0.15, -0.1) is 10.2 Å². The van der Waals surface area contributed by atoms with Gasteiger partial charge in [-0.3, -0.25) is 4.79 Å². The SMILES string of the molecule is CCn1c(SCC(=O)Nc2ccc(F)c(F)c2F)nnc1C(C)Oc1ccccc1Cl. The van der Waals surface area contributed by atoms with E-state index in [0.29, 0.717) is 28.3 Å². The predicted molar refractivity (Wildman–Crippen MR) is 112 cm³/mol. The zero-order chi connectivity index (χ0) is 22.5. The Kier molecular flexibility index (Phi) is 7.45. The molecule has 3 rings (SSSR count). The van der Waals surface area contributed by atoms with Gasteiger partial charge in [-0.05, 0) is 38.1 Å². The van der Waals surface area contributed by atoms with E-state index < -0.39 is 35.2 Å². The molecule has 31 heavy (non-hydrogen) atoms. The van der Waals surface area contributed by atoms with Crippen LogP contribution in [0.5, 0.6) is 5.75 Å². The highest BCUT2D eigenvalue weighted by Crippen LogP contribution is 2.29. The quantitative estimate of drug-likeness (QED) is 0.360. The summed E-state index contributed by atoms with van der Waals surface area (Å²) in [6, 6.07) is 8.74. The molecule has 0 aliphatic rings. The largest absolute Gasteiger partial charge is 0.481 e. The monoisotopic (exact) mass is 470 g/mol. The van der Waals surface area contributed by atoms with Gasteiger partial charge in [0.25, 0.3) is 0 Å². The molecular formula is C20H18ClF3N4O2S. The maximum Gasteiger partial charge on any atom is 0.234 e. The van der Waals surface area contributed by atoms with Gasteiger partial charge in [0.15, 0.2) is 34.5 Å². The number of rotatable bonds is 8. The van der Waals surface area contributed by atoms with Gasteiger partial charge in [0, 0.05) is 6.54 Å². The fraction of sp³-hybridized carbons (Fsp3) is 0.250. The Balaban J connectivity index is 1.66. The van der Waals surface area contributed by atoms with E-state index in [9.17, 15) is 18.0 Å². The number of halogens is 4. The standard InChI is InChI=1S/C20H18ClF3N4O2S/c1-3-28-19(11(2)30-15-7-5-4-6-12(15)21)26-27-20(28)31-10-16(29)25-14-9-8-13(22)17(23)18(14)24/h4-9,11H,3,10H2,1-2H3,(H,25,29). The summed E-state index contributed by atoms with van der Waals surface area (Å²) in [6.07, 6.45) is -0.466. The summed E-state index contributed by atoms with van der Waals surface area (Å²) in [4.78, 5) is 12.1. The van der Waals surface area contributed by atoms with E-state index in [1.165, 1.54) is 0 Å². The molecule has 164 valence electrons. The lowest BCUT2D eigenvalue weighted by Crippen LogP contribution is -2.17. The first kappa shape index (κ1) is 23.0. The van der Waals surface area contributed by atoms with E-state index in [4.69, 9.17) is 16.3 Å². The summed E-state index contributed by atoms with van der Waals surface area (Å²) in [5, 5.41) is 11.4. The van der Waals surface area contributed by atoms with Crippen LogP contribution in [0, 0.1) is 17.5 Å². The number of nitrogens with one attached hydrogen (secondary N) is 1. The molecule has 1 aromatic heterocycles. The summed E-state index contributed by atoms with van der Waals surface area (Å²) in [6.45, 7) is 4.20. The lowest BCUT2D eigenvalue weighted by Gasteiger charge is -2.16. The normalized spacial score (nSPS) is 11.9. The zero-order valence-corrected chi connectivity index (χ0v) is 18.1. The lowest BCUT2D eigenvalue weighted by molar-refractivity contribution is -0.113. The van der Waals surface area contributed by atoms with Gasteiger partial charge in [0.2, 0.25) is 5.91 Å². The number of hydrogen-bond acceptors (Lipinski definition) is 5. The van der Waals surface area contributed by atoms with Gasteiger partial charge < -0.3 is 14.6 Å². The molecule has 0 saturated heterocycles. The van der Waals surface area contributed by atoms with Crippen LogP contribution in [0.25, 0.3) is 0 Å². The molecule has 3 aromatic rings. The highest BCUT2D eigenvalue weighted by atomic mass is 35.5. The van der Waals surface area contributed by atoms with E-state index in [1.54, 1.807) is 35.8 Å². The van der Waals surface area contributed by atoms with Crippen molar-refractivity contribution in [2.45, 2.75) is 31.7 Å². The van der Waals surface area contributed by atoms with E-state index in [1.807, 2.05) is 6.92 Å².